The number of para-hydroxylation sites is 1. The Morgan fingerprint density at radius 1 is 0.850 bits per heavy atom. The van der Waals surface area contributed by atoms with E-state index in [4.69, 9.17) is 0 Å². The number of nitrogens with zero attached hydrogens (tertiary/aromatic N) is 2. The van der Waals surface area contributed by atoms with E-state index in [2.05, 4.69) is 5.32 Å². The van der Waals surface area contributed by atoms with Crippen molar-refractivity contribution in [2.75, 3.05) is 17.4 Å². The molecule has 0 aromatic heterocycles. The predicted octanol–water partition coefficient (Wildman–Crippen LogP) is 5.18. The summed E-state index contributed by atoms with van der Waals surface area (Å²) in [5.74, 6) is -0.585. The van der Waals surface area contributed by atoms with Crippen LogP contribution in [0.3, 0.4) is 0 Å². The summed E-state index contributed by atoms with van der Waals surface area (Å²) in [6, 6.07) is 26.0. The van der Waals surface area contributed by atoms with Crippen LogP contribution in [0.1, 0.15) is 51.0 Å². The van der Waals surface area contributed by atoms with E-state index in [0.29, 0.717) is 25.1 Å². The molecule has 7 nitrogen and oxygen atoms in total. The number of carbonyl (C=O) groups is 2. The first-order valence-corrected chi connectivity index (χ1v) is 15.6. The van der Waals surface area contributed by atoms with Crippen molar-refractivity contribution in [3.8, 4) is 0 Å². The molecule has 0 saturated heterocycles. The van der Waals surface area contributed by atoms with Gasteiger partial charge in [0.2, 0.25) is 11.8 Å². The molecule has 1 fully saturated rings. The standard InChI is InChI=1S/C32H39N3O4S/c1-2-30(32(37)33-27-17-9-4-10-18-27)34(24-23-26-15-7-3-8-16-26)31(36)25-35(28-19-11-5-12-20-28)40(38,39)29-21-13-6-14-22-29/h3,5-8,11-16,19-22,27,30H,2,4,9-10,17-18,23-25H2,1H3,(H,33,37)/t30-/m0/s1. The maximum Gasteiger partial charge on any atom is 0.264 e. The number of sulfonamides is 1. The van der Waals surface area contributed by atoms with Gasteiger partial charge in [-0.25, -0.2) is 8.42 Å². The van der Waals surface area contributed by atoms with Gasteiger partial charge in [-0.15, -0.1) is 0 Å². The number of amides is 2. The fraction of sp³-hybridized carbons (Fsp3) is 0.375. The highest BCUT2D eigenvalue weighted by Gasteiger charge is 2.34. The molecular weight excluding hydrogens is 522 g/mol. The second kappa shape index (κ2) is 14.1. The van der Waals surface area contributed by atoms with Gasteiger partial charge in [0, 0.05) is 12.6 Å². The van der Waals surface area contributed by atoms with E-state index in [1.807, 2.05) is 37.3 Å². The van der Waals surface area contributed by atoms with Crippen molar-refractivity contribution < 1.29 is 18.0 Å². The molecule has 1 aliphatic rings. The third-order valence-corrected chi connectivity index (χ3v) is 9.26. The Kier molecular flexibility index (Phi) is 10.4. The van der Waals surface area contributed by atoms with Crippen molar-refractivity contribution in [2.24, 2.45) is 0 Å². The lowest BCUT2D eigenvalue weighted by atomic mass is 9.95. The molecule has 0 spiro atoms. The van der Waals surface area contributed by atoms with E-state index in [1.165, 1.54) is 18.6 Å². The zero-order valence-corrected chi connectivity index (χ0v) is 23.9. The highest BCUT2D eigenvalue weighted by Crippen LogP contribution is 2.24. The van der Waals surface area contributed by atoms with E-state index >= 15 is 0 Å². The molecule has 0 aliphatic heterocycles. The summed E-state index contributed by atoms with van der Waals surface area (Å²) < 4.78 is 28.7. The minimum absolute atomic E-state index is 0.101. The van der Waals surface area contributed by atoms with Crippen LogP contribution in [0.25, 0.3) is 0 Å². The van der Waals surface area contributed by atoms with E-state index in [0.717, 1.165) is 35.6 Å². The van der Waals surface area contributed by atoms with E-state index in [9.17, 15) is 18.0 Å². The van der Waals surface area contributed by atoms with Gasteiger partial charge in [0.1, 0.15) is 12.6 Å². The second-order valence-corrected chi connectivity index (χ2v) is 12.1. The summed E-state index contributed by atoms with van der Waals surface area (Å²) in [5, 5.41) is 3.18. The van der Waals surface area contributed by atoms with Gasteiger partial charge in [-0.3, -0.25) is 13.9 Å². The Hall–Kier alpha value is -3.65. The maximum atomic E-state index is 14.1. The Morgan fingerprint density at radius 3 is 2.02 bits per heavy atom. The molecule has 0 heterocycles. The number of benzene rings is 3. The molecule has 40 heavy (non-hydrogen) atoms. The number of nitrogens with one attached hydrogen (secondary N) is 1. The molecular formula is C32H39N3O4S. The number of anilines is 1. The van der Waals surface area contributed by atoms with Gasteiger partial charge in [0.15, 0.2) is 0 Å². The van der Waals surface area contributed by atoms with Gasteiger partial charge < -0.3 is 10.2 Å². The quantitative estimate of drug-likeness (QED) is 0.330. The Labute approximate surface area is 238 Å². The number of carbonyl (C=O) groups excluding carboxylic acids is 2. The Bertz CT molecular complexity index is 1330. The van der Waals surface area contributed by atoms with Gasteiger partial charge in [-0.2, -0.15) is 0 Å². The van der Waals surface area contributed by atoms with Crippen LogP contribution in [0.4, 0.5) is 5.69 Å². The van der Waals surface area contributed by atoms with E-state index in [1.54, 1.807) is 53.4 Å². The lowest BCUT2D eigenvalue weighted by Crippen LogP contribution is -2.54. The first-order chi connectivity index (χ1) is 19.4. The third-order valence-electron chi connectivity index (χ3n) is 7.48. The molecule has 3 aromatic carbocycles. The number of hydrogen-bond acceptors (Lipinski definition) is 4. The normalized spacial score (nSPS) is 14.7. The minimum Gasteiger partial charge on any atom is -0.352 e. The van der Waals surface area contributed by atoms with Crippen LogP contribution in [0.15, 0.2) is 95.9 Å². The van der Waals surface area contributed by atoms with Crippen molar-refractivity contribution in [2.45, 2.75) is 68.8 Å². The van der Waals surface area contributed by atoms with Crippen LogP contribution < -0.4 is 9.62 Å². The molecule has 1 saturated carbocycles. The smallest absolute Gasteiger partial charge is 0.264 e. The number of hydrogen-bond donors (Lipinski definition) is 1. The van der Waals surface area contributed by atoms with Gasteiger partial charge in [-0.1, -0.05) is 92.9 Å². The second-order valence-electron chi connectivity index (χ2n) is 10.3. The number of rotatable bonds is 12. The van der Waals surface area contributed by atoms with Gasteiger partial charge >= 0.3 is 0 Å². The fourth-order valence-electron chi connectivity index (χ4n) is 5.28. The minimum atomic E-state index is -4.04. The van der Waals surface area contributed by atoms with Crippen molar-refractivity contribution in [1.82, 2.24) is 10.2 Å². The molecule has 3 aromatic rings. The van der Waals surface area contributed by atoms with Crippen LogP contribution in [0.2, 0.25) is 0 Å². The van der Waals surface area contributed by atoms with Gasteiger partial charge in [0.05, 0.1) is 10.6 Å². The van der Waals surface area contributed by atoms with Gasteiger partial charge in [-0.05, 0) is 55.5 Å². The predicted molar refractivity (Wildman–Crippen MR) is 158 cm³/mol. The van der Waals surface area contributed by atoms with Gasteiger partial charge in [0.25, 0.3) is 10.0 Å². The summed E-state index contributed by atoms with van der Waals surface area (Å²) in [7, 11) is -4.04. The molecule has 0 radical (unpaired) electrons. The van der Waals surface area contributed by atoms with Crippen LogP contribution in [0.5, 0.6) is 0 Å². The summed E-state index contributed by atoms with van der Waals surface area (Å²) in [5.41, 5.74) is 1.43. The van der Waals surface area contributed by atoms with Crippen molar-refractivity contribution in [1.29, 1.82) is 0 Å². The summed E-state index contributed by atoms with van der Waals surface area (Å²) in [4.78, 5) is 29.3. The average molecular weight is 562 g/mol. The molecule has 212 valence electrons. The molecule has 1 aliphatic carbocycles. The monoisotopic (exact) mass is 561 g/mol. The molecule has 0 unspecified atom stereocenters. The molecule has 1 atom stereocenters. The van der Waals surface area contributed by atoms with Crippen LogP contribution in [0, 0.1) is 0 Å². The molecule has 2 amide bonds. The molecule has 0 bridgehead atoms. The highest BCUT2D eigenvalue weighted by atomic mass is 32.2. The van der Waals surface area contributed by atoms with Crippen molar-refractivity contribution in [3.63, 3.8) is 0 Å². The largest absolute Gasteiger partial charge is 0.352 e. The van der Waals surface area contributed by atoms with Crippen LogP contribution >= 0.6 is 0 Å². The lowest BCUT2D eigenvalue weighted by Gasteiger charge is -2.34. The highest BCUT2D eigenvalue weighted by molar-refractivity contribution is 7.92. The zero-order chi connectivity index (χ0) is 28.4. The van der Waals surface area contributed by atoms with E-state index < -0.39 is 28.5 Å². The summed E-state index contributed by atoms with van der Waals surface area (Å²) >= 11 is 0. The van der Waals surface area contributed by atoms with Crippen LogP contribution in [-0.2, 0) is 26.0 Å². The Balaban J connectivity index is 1.63. The van der Waals surface area contributed by atoms with Crippen molar-refractivity contribution in [3.05, 3.63) is 96.6 Å². The first kappa shape index (κ1) is 29.3. The third kappa shape index (κ3) is 7.50. The average Bonchev–Trinajstić information content (AvgIpc) is 2.99. The molecule has 4 rings (SSSR count). The Morgan fingerprint density at radius 2 is 1.43 bits per heavy atom. The fourth-order valence-corrected chi connectivity index (χ4v) is 6.72. The van der Waals surface area contributed by atoms with Crippen molar-refractivity contribution >= 4 is 27.5 Å². The SMILES string of the molecule is CC[C@@H](C(=O)NC1CCCCC1)N(CCc1ccccc1)C(=O)CN(c1ccccc1)S(=O)(=O)c1ccccc1. The first-order valence-electron chi connectivity index (χ1n) is 14.2. The molecule has 8 heteroatoms. The maximum absolute atomic E-state index is 14.1. The zero-order valence-electron chi connectivity index (χ0n) is 23.1. The molecule has 1 N–H and O–H groups in total. The van der Waals surface area contributed by atoms with Crippen LogP contribution in [-0.4, -0.2) is 50.3 Å². The topological polar surface area (TPSA) is 86.8 Å². The van der Waals surface area contributed by atoms with E-state index in [-0.39, 0.29) is 16.8 Å². The lowest BCUT2D eigenvalue weighted by molar-refractivity contribution is -0.140. The summed E-state index contributed by atoms with van der Waals surface area (Å²) in [6.45, 7) is 1.78. The summed E-state index contributed by atoms with van der Waals surface area (Å²) in [6.07, 6.45) is 6.21.